The number of likely N-dealkylation sites (N-methyl/N-ethyl adjacent to an activating group) is 1. The monoisotopic (exact) mass is 221 g/mol. The average molecular weight is 221 g/mol. The predicted octanol–water partition coefficient (Wildman–Crippen LogP) is 1.25. The van der Waals surface area contributed by atoms with Crippen molar-refractivity contribution in [2.45, 2.75) is 12.5 Å². The van der Waals surface area contributed by atoms with Crippen LogP contribution in [0, 0.1) is 0 Å². The summed E-state index contributed by atoms with van der Waals surface area (Å²) >= 11 is 0. The summed E-state index contributed by atoms with van der Waals surface area (Å²) in [5.74, 6) is 0.0355. The first-order valence-electron chi connectivity index (χ1n) is 5.32. The smallest absolute Gasteiger partial charge is 0.254 e. The second-order valence-corrected chi connectivity index (χ2v) is 3.98. The van der Waals surface area contributed by atoms with E-state index in [9.17, 15) is 9.90 Å². The molecule has 1 N–H and O–H groups in total. The van der Waals surface area contributed by atoms with Crippen LogP contribution in [0.25, 0.3) is 0 Å². The molecule has 1 unspecified atom stereocenters. The standard InChI is InChI=1S/C12H15NO3/c1-13(10-5-6-16-8-10)12(15)9-3-2-4-11(14)7-9/h2-4,7,10,14H,5-6,8H2,1H3. The third kappa shape index (κ3) is 2.17. The molecule has 1 heterocycles. The molecule has 1 aliphatic rings. The SMILES string of the molecule is CN(C(=O)c1cccc(O)c1)C1CCOC1. The maximum absolute atomic E-state index is 12.0. The topological polar surface area (TPSA) is 49.8 Å². The molecule has 1 aliphatic heterocycles. The van der Waals surface area contributed by atoms with Gasteiger partial charge in [0, 0.05) is 19.2 Å². The highest BCUT2D eigenvalue weighted by molar-refractivity contribution is 5.94. The summed E-state index contributed by atoms with van der Waals surface area (Å²) in [5.41, 5.74) is 0.509. The molecule has 1 saturated heterocycles. The van der Waals surface area contributed by atoms with E-state index in [1.807, 2.05) is 0 Å². The number of phenols is 1. The highest BCUT2D eigenvalue weighted by Crippen LogP contribution is 2.16. The maximum atomic E-state index is 12.0. The molecule has 4 nitrogen and oxygen atoms in total. The number of aromatic hydroxyl groups is 1. The van der Waals surface area contributed by atoms with Crippen molar-refractivity contribution >= 4 is 5.91 Å². The number of carbonyl (C=O) groups excluding carboxylic acids is 1. The minimum absolute atomic E-state index is 0.0774. The molecule has 2 rings (SSSR count). The summed E-state index contributed by atoms with van der Waals surface area (Å²) in [6.45, 7) is 1.31. The lowest BCUT2D eigenvalue weighted by Gasteiger charge is -2.23. The predicted molar refractivity (Wildman–Crippen MR) is 59.4 cm³/mol. The zero-order valence-electron chi connectivity index (χ0n) is 9.22. The van der Waals surface area contributed by atoms with Crippen LogP contribution in [-0.2, 0) is 4.74 Å². The number of rotatable bonds is 2. The summed E-state index contributed by atoms with van der Waals surface area (Å²) in [6.07, 6.45) is 0.876. The molecule has 1 atom stereocenters. The van der Waals surface area contributed by atoms with Crippen LogP contribution >= 0.6 is 0 Å². The summed E-state index contributed by atoms with van der Waals surface area (Å²) in [7, 11) is 1.77. The van der Waals surface area contributed by atoms with Gasteiger partial charge in [-0.15, -0.1) is 0 Å². The second-order valence-electron chi connectivity index (χ2n) is 3.98. The van der Waals surface area contributed by atoms with Crippen LogP contribution in [0.5, 0.6) is 5.75 Å². The minimum atomic E-state index is -0.0774. The molecule has 1 amide bonds. The van der Waals surface area contributed by atoms with Gasteiger partial charge in [-0.05, 0) is 24.6 Å². The first-order chi connectivity index (χ1) is 7.68. The second kappa shape index (κ2) is 4.53. The molecular formula is C12H15NO3. The van der Waals surface area contributed by atoms with Gasteiger partial charge in [-0.1, -0.05) is 6.07 Å². The van der Waals surface area contributed by atoms with Crippen LogP contribution in [-0.4, -0.2) is 42.2 Å². The van der Waals surface area contributed by atoms with Crippen molar-refractivity contribution < 1.29 is 14.6 Å². The van der Waals surface area contributed by atoms with E-state index in [1.54, 1.807) is 30.1 Å². The molecule has 0 bridgehead atoms. The Balaban J connectivity index is 2.12. The van der Waals surface area contributed by atoms with E-state index in [-0.39, 0.29) is 17.7 Å². The van der Waals surface area contributed by atoms with Crippen LogP contribution in [0.2, 0.25) is 0 Å². The van der Waals surface area contributed by atoms with Gasteiger partial charge < -0.3 is 14.7 Å². The number of hydrogen-bond acceptors (Lipinski definition) is 3. The molecule has 86 valence electrons. The number of ether oxygens (including phenoxy) is 1. The highest BCUT2D eigenvalue weighted by Gasteiger charge is 2.24. The van der Waals surface area contributed by atoms with Gasteiger partial charge >= 0.3 is 0 Å². The van der Waals surface area contributed by atoms with E-state index in [4.69, 9.17) is 4.74 Å². The number of benzene rings is 1. The van der Waals surface area contributed by atoms with Crippen molar-refractivity contribution in [2.24, 2.45) is 0 Å². The van der Waals surface area contributed by atoms with E-state index in [1.165, 1.54) is 6.07 Å². The van der Waals surface area contributed by atoms with Crippen molar-refractivity contribution in [1.29, 1.82) is 0 Å². The zero-order valence-corrected chi connectivity index (χ0v) is 9.22. The molecule has 4 heteroatoms. The Labute approximate surface area is 94.4 Å². The van der Waals surface area contributed by atoms with Crippen molar-refractivity contribution in [3.63, 3.8) is 0 Å². The van der Waals surface area contributed by atoms with Crippen molar-refractivity contribution in [1.82, 2.24) is 4.90 Å². The van der Waals surface area contributed by atoms with Crippen molar-refractivity contribution in [2.75, 3.05) is 20.3 Å². The summed E-state index contributed by atoms with van der Waals surface area (Å²) in [4.78, 5) is 13.7. The van der Waals surface area contributed by atoms with Gasteiger partial charge in [0.15, 0.2) is 0 Å². The summed E-state index contributed by atoms with van der Waals surface area (Å²) < 4.78 is 5.24. The average Bonchev–Trinajstić information content (AvgIpc) is 2.80. The van der Waals surface area contributed by atoms with Gasteiger partial charge in [0.1, 0.15) is 5.75 Å². The number of carbonyl (C=O) groups is 1. The van der Waals surface area contributed by atoms with Gasteiger partial charge in [-0.25, -0.2) is 0 Å². The fourth-order valence-corrected chi connectivity index (χ4v) is 1.84. The first kappa shape index (κ1) is 11.0. The lowest BCUT2D eigenvalue weighted by atomic mass is 10.1. The number of hydrogen-bond donors (Lipinski definition) is 1. The van der Waals surface area contributed by atoms with E-state index < -0.39 is 0 Å². The van der Waals surface area contributed by atoms with E-state index >= 15 is 0 Å². The fourth-order valence-electron chi connectivity index (χ4n) is 1.84. The Hall–Kier alpha value is -1.55. The molecule has 1 fully saturated rings. The van der Waals surface area contributed by atoms with Gasteiger partial charge in [-0.2, -0.15) is 0 Å². The Morgan fingerprint density at radius 3 is 3.00 bits per heavy atom. The Morgan fingerprint density at radius 2 is 2.38 bits per heavy atom. The van der Waals surface area contributed by atoms with Crippen LogP contribution in [0.4, 0.5) is 0 Å². The quantitative estimate of drug-likeness (QED) is 0.817. The van der Waals surface area contributed by atoms with E-state index in [2.05, 4.69) is 0 Å². The lowest BCUT2D eigenvalue weighted by molar-refractivity contribution is 0.0711. The third-order valence-corrected chi connectivity index (χ3v) is 2.87. The van der Waals surface area contributed by atoms with Crippen molar-refractivity contribution in [3.05, 3.63) is 29.8 Å². The molecule has 0 aromatic heterocycles. The molecule has 16 heavy (non-hydrogen) atoms. The maximum Gasteiger partial charge on any atom is 0.254 e. The van der Waals surface area contributed by atoms with Crippen LogP contribution in [0.1, 0.15) is 16.8 Å². The molecule has 1 aromatic carbocycles. The van der Waals surface area contributed by atoms with Crippen LogP contribution in [0.3, 0.4) is 0 Å². The fraction of sp³-hybridized carbons (Fsp3) is 0.417. The molecule has 0 aliphatic carbocycles. The molecule has 0 saturated carbocycles. The summed E-state index contributed by atoms with van der Waals surface area (Å²) in [6, 6.07) is 6.55. The number of phenolic OH excluding ortho intramolecular Hbond substituents is 1. The minimum Gasteiger partial charge on any atom is -0.508 e. The Morgan fingerprint density at radius 1 is 1.56 bits per heavy atom. The number of amides is 1. The Kier molecular flexibility index (Phi) is 3.10. The third-order valence-electron chi connectivity index (χ3n) is 2.87. The highest BCUT2D eigenvalue weighted by atomic mass is 16.5. The molecule has 0 spiro atoms. The Bertz CT molecular complexity index is 386. The summed E-state index contributed by atoms with van der Waals surface area (Å²) in [5, 5.41) is 9.31. The van der Waals surface area contributed by atoms with E-state index in [0.29, 0.717) is 18.8 Å². The molecule has 0 radical (unpaired) electrons. The van der Waals surface area contributed by atoms with Crippen LogP contribution in [0.15, 0.2) is 24.3 Å². The van der Waals surface area contributed by atoms with Gasteiger partial charge in [0.25, 0.3) is 5.91 Å². The van der Waals surface area contributed by atoms with Crippen LogP contribution < -0.4 is 0 Å². The van der Waals surface area contributed by atoms with Gasteiger partial charge in [0.05, 0.1) is 12.6 Å². The zero-order chi connectivity index (χ0) is 11.5. The first-order valence-corrected chi connectivity index (χ1v) is 5.32. The van der Waals surface area contributed by atoms with Gasteiger partial charge in [0.2, 0.25) is 0 Å². The largest absolute Gasteiger partial charge is 0.508 e. The number of nitrogens with zero attached hydrogens (tertiary/aromatic N) is 1. The molecule has 1 aromatic rings. The van der Waals surface area contributed by atoms with Crippen molar-refractivity contribution in [3.8, 4) is 5.75 Å². The normalized spacial score (nSPS) is 19.7. The molecular weight excluding hydrogens is 206 g/mol. The lowest BCUT2D eigenvalue weighted by Crippen LogP contribution is -2.37. The van der Waals surface area contributed by atoms with Gasteiger partial charge in [-0.3, -0.25) is 4.79 Å². The van der Waals surface area contributed by atoms with E-state index in [0.717, 1.165) is 6.42 Å².